The Hall–Kier alpha value is -2.24. The van der Waals surface area contributed by atoms with E-state index in [0.29, 0.717) is 17.7 Å². The van der Waals surface area contributed by atoms with Crippen molar-refractivity contribution in [1.82, 2.24) is 14.8 Å². The highest BCUT2D eigenvalue weighted by Gasteiger charge is 2.34. The molecule has 2 rings (SSSR count). The van der Waals surface area contributed by atoms with Crippen LogP contribution < -0.4 is 5.32 Å². The fourth-order valence-corrected chi connectivity index (χ4v) is 2.54. The first-order valence-corrected chi connectivity index (χ1v) is 8.19. The Morgan fingerprint density at radius 1 is 1.35 bits per heavy atom. The summed E-state index contributed by atoms with van der Waals surface area (Å²) in [7, 11) is 0. The third-order valence-electron chi connectivity index (χ3n) is 3.69. The predicted molar refractivity (Wildman–Crippen MR) is 93.0 cm³/mol. The average molecular weight is 387 g/mol. The Balaban J connectivity index is 2.41. The summed E-state index contributed by atoms with van der Waals surface area (Å²) in [5, 5.41) is 15.9. The summed E-state index contributed by atoms with van der Waals surface area (Å²) in [4.78, 5) is 3.97. The Kier molecular flexibility index (Phi) is 6.16. The third-order valence-corrected chi connectivity index (χ3v) is 3.89. The summed E-state index contributed by atoms with van der Waals surface area (Å²) in [6.07, 6.45) is -2.63. The second kappa shape index (κ2) is 7.98. The fraction of sp³-hybridized carbons (Fsp3) is 0.412. The number of aliphatic hydroxyl groups is 1. The Bertz CT molecular complexity index is 852. The minimum Gasteiger partial charge on any atom is -0.396 e. The lowest BCUT2D eigenvalue weighted by molar-refractivity contribution is -0.213. The number of nitrogens with zero attached hydrogens (tertiary/aromatic N) is 3. The lowest BCUT2D eigenvalue weighted by Gasteiger charge is -2.15. The molecule has 0 aromatic carbocycles. The van der Waals surface area contributed by atoms with Crippen LogP contribution in [-0.4, -0.2) is 32.5 Å². The Morgan fingerprint density at radius 3 is 2.62 bits per heavy atom. The van der Waals surface area contributed by atoms with Crippen molar-refractivity contribution in [3.05, 3.63) is 39.9 Å². The van der Waals surface area contributed by atoms with E-state index >= 15 is 0 Å². The van der Waals surface area contributed by atoms with Crippen LogP contribution in [0.2, 0.25) is 5.15 Å². The molecule has 5 nitrogen and oxygen atoms in total. The van der Waals surface area contributed by atoms with Gasteiger partial charge in [0.15, 0.2) is 0 Å². The van der Waals surface area contributed by atoms with Gasteiger partial charge in [-0.2, -0.15) is 9.78 Å². The predicted octanol–water partition coefficient (Wildman–Crippen LogP) is 3.61. The molecule has 2 N–H and O–H groups in total. The van der Waals surface area contributed by atoms with Gasteiger partial charge >= 0.3 is 6.30 Å². The number of hydrogen-bond acceptors (Lipinski definition) is 4. The van der Waals surface area contributed by atoms with Gasteiger partial charge in [0, 0.05) is 18.8 Å². The number of rotatable bonds is 4. The first kappa shape index (κ1) is 20.1. The van der Waals surface area contributed by atoms with E-state index in [0.717, 1.165) is 0 Å². The number of alkyl halides is 3. The fourth-order valence-electron chi connectivity index (χ4n) is 2.38. The zero-order valence-corrected chi connectivity index (χ0v) is 15.2. The van der Waals surface area contributed by atoms with Gasteiger partial charge in [-0.1, -0.05) is 23.4 Å². The van der Waals surface area contributed by atoms with Gasteiger partial charge in [-0.25, -0.2) is 4.98 Å². The van der Waals surface area contributed by atoms with Crippen LogP contribution in [0.5, 0.6) is 0 Å². The first-order chi connectivity index (χ1) is 12.1. The van der Waals surface area contributed by atoms with Crippen LogP contribution in [-0.2, 0) is 6.30 Å². The van der Waals surface area contributed by atoms with E-state index in [1.165, 1.54) is 20.0 Å². The van der Waals surface area contributed by atoms with Crippen molar-refractivity contribution >= 4 is 17.3 Å². The van der Waals surface area contributed by atoms with Gasteiger partial charge in [0.2, 0.25) is 0 Å². The molecule has 1 atom stereocenters. The summed E-state index contributed by atoms with van der Waals surface area (Å²) >= 11 is 5.91. The zero-order valence-electron chi connectivity index (χ0n) is 14.4. The molecule has 0 amide bonds. The molecular formula is C17H18ClF3N4O. The number of halogens is 4. The molecule has 0 fully saturated rings. The van der Waals surface area contributed by atoms with Crippen molar-refractivity contribution in [3.8, 4) is 11.8 Å². The SMILES string of the molecule is Cc1nn(C(F)(F)F)c(C)c1C#Cc1cnc(Cl)cc1N[C@@H](C)CCO. The van der Waals surface area contributed by atoms with Crippen LogP contribution in [0.4, 0.5) is 18.9 Å². The van der Waals surface area contributed by atoms with Gasteiger partial charge < -0.3 is 10.4 Å². The molecule has 0 aliphatic rings. The molecule has 140 valence electrons. The number of pyridine rings is 1. The largest absolute Gasteiger partial charge is 0.504 e. The van der Waals surface area contributed by atoms with Gasteiger partial charge in [-0.3, -0.25) is 0 Å². The van der Waals surface area contributed by atoms with Gasteiger partial charge in [0.25, 0.3) is 0 Å². The van der Waals surface area contributed by atoms with Crippen molar-refractivity contribution in [2.75, 3.05) is 11.9 Å². The van der Waals surface area contributed by atoms with Crippen molar-refractivity contribution in [3.63, 3.8) is 0 Å². The number of nitrogens with one attached hydrogen (secondary N) is 1. The highest BCUT2D eigenvalue weighted by atomic mass is 35.5. The summed E-state index contributed by atoms with van der Waals surface area (Å²) in [5.41, 5.74) is 1.41. The highest BCUT2D eigenvalue weighted by Crippen LogP contribution is 2.26. The second-order valence-corrected chi connectivity index (χ2v) is 6.17. The van der Waals surface area contributed by atoms with Crippen LogP contribution in [0, 0.1) is 25.7 Å². The molecule has 0 aliphatic carbocycles. The first-order valence-electron chi connectivity index (χ1n) is 7.82. The summed E-state index contributed by atoms with van der Waals surface area (Å²) in [6.45, 7) is 4.69. The minimum atomic E-state index is -4.59. The van der Waals surface area contributed by atoms with Crippen LogP contribution in [0.1, 0.15) is 35.9 Å². The summed E-state index contributed by atoms with van der Waals surface area (Å²) in [6, 6.07) is 1.54. The quantitative estimate of drug-likeness (QED) is 0.622. The average Bonchev–Trinajstić information content (AvgIpc) is 2.82. The van der Waals surface area contributed by atoms with Gasteiger partial charge in [-0.05, 0) is 33.3 Å². The number of hydrogen-bond donors (Lipinski definition) is 2. The topological polar surface area (TPSA) is 63.0 Å². The molecule has 0 bridgehead atoms. The van der Waals surface area contributed by atoms with Crippen LogP contribution in [0.3, 0.4) is 0 Å². The van der Waals surface area contributed by atoms with Gasteiger partial charge in [-0.15, -0.1) is 13.2 Å². The molecule has 0 radical (unpaired) electrons. The normalized spacial score (nSPS) is 12.5. The second-order valence-electron chi connectivity index (χ2n) is 5.79. The van der Waals surface area contributed by atoms with E-state index < -0.39 is 6.30 Å². The van der Waals surface area contributed by atoms with E-state index in [1.807, 2.05) is 6.92 Å². The molecule has 0 spiro atoms. The highest BCUT2D eigenvalue weighted by molar-refractivity contribution is 6.29. The van der Waals surface area contributed by atoms with E-state index in [-0.39, 0.29) is 39.4 Å². The Morgan fingerprint density at radius 2 is 2.04 bits per heavy atom. The molecule has 2 aromatic heterocycles. The standard InChI is InChI=1S/C17H18ClF3N4O/c1-10(6-7-26)23-15-8-16(18)22-9-13(15)4-5-14-11(2)24-25(12(14)3)17(19,20)21/h8-10,26H,6-7H2,1-3H3,(H,22,23)/t10-/m0/s1. The molecule has 9 heteroatoms. The number of anilines is 1. The lowest BCUT2D eigenvalue weighted by Crippen LogP contribution is -2.19. The van der Waals surface area contributed by atoms with Crippen molar-refractivity contribution in [2.45, 2.75) is 39.5 Å². The van der Waals surface area contributed by atoms with Gasteiger partial charge in [0.1, 0.15) is 5.15 Å². The minimum absolute atomic E-state index is 0.00887. The molecule has 0 saturated carbocycles. The van der Waals surface area contributed by atoms with E-state index in [4.69, 9.17) is 16.7 Å². The molecule has 2 heterocycles. The van der Waals surface area contributed by atoms with Crippen LogP contribution in [0.25, 0.3) is 0 Å². The van der Waals surface area contributed by atoms with Crippen molar-refractivity contribution < 1.29 is 18.3 Å². The van der Waals surface area contributed by atoms with E-state index in [2.05, 4.69) is 27.2 Å². The third kappa shape index (κ3) is 4.68. The molecular weight excluding hydrogens is 369 g/mol. The lowest BCUT2D eigenvalue weighted by atomic mass is 10.1. The van der Waals surface area contributed by atoms with Gasteiger partial charge in [0.05, 0.1) is 28.2 Å². The maximum atomic E-state index is 12.9. The molecule has 26 heavy (non-hydrogen) atoms. The van der Waals surface area contributed by atoms with Crippen LogP contribution in [0.15, 0.2) is 12.3 Å². The maximum Gasteiger partial charge on any atom is 0.504 e. The molecule has 2 aromatic rings. The summed E-state index contributed by atoms with van der Waals surface area (Å²) < 4.78 is 38.8. The van der Waals surface area contributed by atoms with Crippen LogP contribution >= 0.6 is 11.6 Å². The molecule has 0 aliphatic heterocycles. The van der Waals surface area contributed by atoms with E-state index in [1.54, 1.807) is 6.07 Å². The number of aryl methyl sites for hydroxylation is 1. The number of aliphatic hydroxyl groups excluding tert-OH is 1. The summed E-state index contributed by atoms with van der Waals surface area (Å²) in [5.74, 6) is 5.58. The monoisotopic (exact) mass is 386 g/mol. The smallest absolute Gasteiger partial charge is 0.396 e. The van der Waals surface area contributed by atoms with E-state index in [9.17, 15) is 13.2 Å². The maximum absolute atomic E-state index is 12.9. The zero-order chi connectivity index (χ0) is 19.5. The van der Waals surface area contributed by atoms with Crippen molar-refractivity contribution in [2.24, 2.45) is 0 Å². The number of aromatic nitrogens is 3. The molecule has 0 saturated heterocycles. The molecule has 0 unspecified atom stereocenters. The van der Waals surface area contributed by atoms with Crippen molar-refractivity contribution in [1.29, 1.82) is 0 Å². The Labute approximate surface area is 154 Å².